The van der Waals surface area contributed by atoms with Gasteiger partial charge in [0.15, 0.2) is 12.4 Å². The Morgan fingerprint density at radius 3 is 2.74 bits per heavy atom. The highest BCUT2D eigenvalue weighted by Crippen LogP contribution is 2.40. The number of ether oxygens (including phenoxy) is 2. The highest BCUT2D eigenvalue weighted by atomic mass is 16.5. The third-order valence-corrected chi connectivity index (χ3v) is 4.99. The predicted molar refractivity (Wildman–Crippen MR) is 95.8 cm³/mol. The van der Waals surface area contributed by atoms with Gasteiger partial charge in [-0.3, -0.25) is 14.4 Å². The number of aliphatic hydroxyl groups is 1. The molecule has 2 aliphatic rings. The molecule has 1 fully saturated rings. The summed E-state index contributed by atoms with van der Waals surface area (Å²) < 4.78 is 11.7. The second-order valence-corrected chi connectivity index (χ2v) is 6.91. The van der Waals surface area contributed by atoms with Crippen LogP contribution in [0, 0.1) is 0 Å². The van der Waals surface area contributed by atoms with Gasteiger partial charge in [0.25, 0.3) is 5.91 Å². The molecular formula is C19H24N2O6. The Morgan fingerprint density at radius 1 is 1.33 bits per heavy atom. The lowest BCUT2D eigenvalue weighted by atomic mass is 9.82. The standard InChI is InChI=1S/C19H24N2O6/c1-13(23)21-7-4-19(5-8-21)11-16(24)15-3-2-14(10-17(15)27-19)26-12-18(25)20-6-9-22/h2-3,10,22H,4-9,11-12H2,1H3,(H,20,25). The monoisotopic (exact) mass is 376 g/mol. The molecule has 1 spiro atoms. The minimum atomic E-state index is -0.590. The lowest BCUT2D eigenvalue weighted by Gasteiger charge is -2.43. The van der Waals surface area contributed by atoms with Crippen molar-refractivity contribution in [1.82, 2.24) is 10.2 Å². The molecule has 1 aromatic carbocycles. The van der Waals surface area contributed by atoms with Crippen molar-refractivity contribution >= 4 is 17.6 Å². The van der Waals surface area contributed by atoms with E-state index in [4.69, 9.17) is 14.6 Å². The van der Waals surface area contributed by atoms with Crippen molar-refractivity contribution in [2.75, 3.05) is 32.8 Å². The Labute approximate surface area is 157 Å². The van der Waals surface area contributed by atoms with Crippen molar-refractivity contribution in [1.29, 1.82) is 0 Å². The summed E-state index contributed by atoms with van der Waals surface area (Å²) >= 11 is 0. The van der Waals surface area contributed by atoms with Crippen LogP contribution in [0.3, 0.4) is 0 Å². The molecule has 0 aromatic heterocycles. The maximum absolute atomic E-state index is 12.6. The molecule has 2 N–H and O–H groups in total. The number of fused-ring (bicyclic) bond motifs is 1. The van der Waals surface area contributed by atoms with Gasteiger partial charge in [-0.25, -0.2) is 0 Å². The van der Waals surface area contributed by atoms with Crippen molar-refractivity contribution in [3.05, 3.63) is 23.8 Å². The second kappa shape index (κ2) is 7.96. The van der Waals surface area contributed by atoms with Crippen LogP contribution in [-0.2, 0) is 9.59 Å². The molecular weight excluding hydrogens is 352 g/mol. The highest BCUT2D eigenvalue weighted by Gasteiger charge is 2.43. The zero-order valence-corrected chi connectivity index (χ0v) is 15.3. The number of carbonyl (C=O) groups is 3. The van der Waals surface area contributed by atoms with Crippen molar-refractivity contribution in [2.45, 2.75) is 31.8 Å². The number of nitrogens with one attached hydrogen (secondary N) is 1. The van der Waals surface area contributed by atoms with Crippen LogP contribution in [0.5, 0.6) is 11.5 Å². The first-order valence-electron chi connectivity index (χ1n) is 9.05. The van der Waals surface area contributed by atoms with Gasteiger partial charge in [0.1, 0.15) is 17.1 Å². The minimum Gasteiger partial charge on any atom is -0.486 e. The van der Waals surface area contributed by atoms with E-state index in [0.29, 0.717) is 49.4 Å². The molecule has 2 heterocycles. The van der Waals surface area contributed by atoms with Gasteiger partial charge < -0.3 is 24.8 Å². The van der Waals surface area contributed by atoms with Crippen molar-refractivity contribution in [2.24, 2.45) is 0 Å². The molecule has 0 atom stereocenters. The van der Waals surface area contributed by atoms with E-state index in [-0.39, 0.29) is 37.4 Å². The average molecular weight is 376 g/mol. The molecule has 27 heavy (non-hydrogen) atoms. The van der Waals surface area contributed by atoms with E-state index in [1.54, 1.807) is 30.0 Å². The van der Waals surface area contributed by atoms with E-state index in [9.17, 15) is 14.4 Å². The molecule has 2 aliphatic heterocycles. The quantitative estimate of drug-likeness (QED) is 0.776. The van der Waals surface area contributed by atoms with Crippen LogP contribution in [0.15, 0.2) is 18.2 Å². The number of nitrogens with zero attached hydrogens (tertiary/aromatic N) is 1. The number of Topliss-reactive ketones (excluding diaryl/α,β-unsaturated/α-hetero) is 1. The molecule has 8 heteroatoms. The number of amides is 2. The smallest absolute Gasteiger partial charge is 0.258 e. The number of aliphatic hydroxyl groups excluding tert-OH is 1. The number of carbonyl (C=O) groups excluding carboxylic acids is 3. The third kappa shape index (κ3) is 4.39. The number of rotatable bonds is 5. The minimum absolute atomic E-state index is 0.0137. The van der Waals surface area contributed by atoms with Gasteiger partial charge in [0.05, 0.1) is 18.6 Å². The van der Waals surface area contributed by atoms with E-state index in [2.05, 4.69) is 5.32 Å². The van der Waals surface area contributed by atoms with Crippen molar-refractivity contribution in [3.63, 3.8) is 0 Å². The Bertz CT molecular complexity index is 740. The number of hydrogen-bond donors (Lipinski definition) is 2. The lowest BCUT2D eigenvalue weighted by Crippen LogP contribution is -2.51. The number of benzene rings is 1. The molecule has 0 bridgehead atoms. The van der Waals surface area contributed by atoms with Crippen LogP contribution in [0.2, 0.25) is 0 Å². The second-order valence-electron chi connectivity index (χ2n) is 6.91. The average Bonchev–Trinajstić information content (AvgIpc) is 2.64. The summed E-state index contributed by atoms with van der Waals surface area (Å²) in [5.41, 5.74) is -0.0839. The largest absolute Gasteiger partial charge is 0.486 e. The summed E-state index contributed by atoms with van der Waals surface area (Å²) in [6, 6.07) is 4.91. The van der Waals surface area contributed by atoms with Crippen molar-refractivity contribution < 1.29 is 29.0 Å². The van der Waals surface area contributed by atoms with Crippen LogP contribution < -0.4 is 14.8 Å². The van der Waals surface area contributed by atoms with Crippen LogP contribution in [0.25, 0.3) is 0 Å². The maximum Gasteiger partial charge on any atom is 0.258 e. The summed E-state index contributed by atoms with van der Waals surface area (Å²) in [7, 11) is 0. The van der Waals surface area contributed by atoms with Gasteiger partial charge in [-0.15, -0.1) is 0 Å². The fourth-order valence-corrected chi connectivity index (χ4v) is 3.47. The van der Waals surface area contributed by atoms with Crippen molar-refractivity contribution in [3.8, 4) is 11.5 Å². The summed E-state index contributed by atoms with van der Waals surface area (Å²) in [6.45, 7) is 2.53. The lowest BCUT2D eigenvalue weighted by molar-refractivity contribution is -0.132. The summed E-state index contributed by atoms with van der Waals surface area (Å²) in [5, 5.41) is 11.2. The van der Waals surface area contributed by atoms with Gasteiger partial charge in [-0.05, 0) is 12.1 Å². The zero-order chi connectivity index (χ0) is 19.4. The first kappa shape index (κ1) is 19.2. The van der Waals surface area contributed by atoms with Crippen LogP contribution in [-0.4, -0.2) is 66.1 Å². The topological polar surface area (TPSA) is 105 Å². The van der Waals surface area contributed by atoms with E-state index in [1.165, 1.54) is 0 Å². The fraction of sp³-hybridized carbons (Fsp3) is 0.526. The van der Waals surface area contributed by atoms with E-state index >= 15 is 0 Å². The zero-order valence-electron chi connectivity index (χ0n) is 15.3. The predicted octanol–water partition coefficient (Wildman–Crippen LogP) is 0.520. The SMILES string of the molecule is CC(=O)N1CCC2(CC1)CC(=O)c1ccc(OCC(=O)NCCO)cc1O2. The fourth-order valence-electron chi connectivity index (χ4n) is 3.47. The summed E-state index contributed by atoms with van der Waals surface area (Å²) in [4.78, 5) is 37.4. The van der Waals surface area contributed by atoms with Gasteiger partial charge >= 0.3 is 0 Å². The molecule has 8 nitrogen and oxygen atoms in total. The third-order valence-electron chi connectivity index (χ3n) is 4.99. The summed E-state index contributed by atoms with van der Waals surface area (Å²) in [6.07, 6.45) is 1.51. The molecule has 146 valence electrons. The molecule has 1 aromatic rings. The maximum atomic E-state index is 12.6. The molecule has 3 rings (SSSR count). The normalized spacial score (nSPS) is 17.9. The molecule has 0 aliphatic carbocycles. The Hall–Kier alpha value is -2.61. The Balaban J connectivity index is 1.68. The molecule has 2 amide bonds. The van der Waals surface area contributed by atoms with E-state index in [0.717, 1.165) is 0 Å². The van der Waals surface area contributed by atoms with Gasteiger partial charge in [-0.2, -0.15) is 0 Å². The number of piperidine rings is 1. The first-order valence-corrected chi connectivity index (χ1v) is 9.05. The number of ketones is 1. The van der Waals surface area contributed by atoms with Crippen LogP contribution in [0.1, 0.15) is 36.5 Å². The van der Waals surface area contributed by atoms with Gasteiger partial charge in [0.2, 0.25) is 5.91 Å². The van der Waals surface area contributed by atoms with E-state index < -0.39 is 5.60 Å². The molecule has 0 unspecified atom stereocenters. The highest BCUT2D eigenvalue weighted by molar-refractivity contribution is 6.00. The summed E-state index contributed by atoms with van der Waals surface area (Å²) in [5.74, 6) is 0.587. The molecule has 0 saturated carbocycles. The van der Waals surface area contributed by atoms with Crippen LogP contribution >= 0.6 is 0 Å². The molecule has 0 radical (unpaired) electrons. The van der Waals surface area contributed by atoms with E-state index in [1.807, 2.05) is 0 Å². The number of hydrogen-bond acceptors (Lipinski definition) is 6. The van der Waals surface area contributed by atoms with Gasteiger partial charge in [0, 0.05) is 45.5 Å². The Kier molecular flexibility index (Phi) is 5.65. The van der Waals surface area contributed by atoms with Gasteiger partial charge in [-0.1, -0.05) is 0 Å². The first-order chi connectivity index (χ1) is 12.9. The molecule has 1 saturated heterocycles. The Morgan fingerprint density at radius 2 is 2.07 bits per heavy atom. The number of likely N-dealkylation sites (tertiary alicyclic amines) is 1. The van der Waals surface area contributed by atoms with Crippen LogP contribution in [0.4, 0.5) is 0 Å².